The molecule has 1 aliphatic rings. The maximum Gasteiger partial charge on any atom is 0.243 e. The van der Waals surface area contributed by atoms with Crippen LogP contribution in [-0.4, -0.2) is 41.2 Å². The molecule has 0 spiro atoms. The van der Waals surface area contributed by atoms with Crippen LogP contribution in [0.3, 0.4) is 0 Å². The normalized spacial score (nSPS) is 15.5. The van der Waals surface area contributed by atoms with Crippen molar-refractivity contribution in [3.8, 4) is 0 Å². The molecular formula is C25H32N2O2S. The van der Waals surface area contributed by atoms with Gasteiger partial charge in [0.2, 0.25) is 11.8 Å². The number of amides is 2. The van der Waals surface area contributed by atoms with Gasteiger partial charge in [-0.3, -0.25) is 9.59 Å². The van der Waals surface area contributed by atoms with E-state index in [1.165, 1.54) is 16.0 Å². The molecule has 0 radical (unpaired) electrons. The predicted molar refractivity (Wildman–Crippen MR) is 124 cm³/mol. The van der Waals surface area contributed by atoms with E-state index in [1.807, 2.05) is 4.90 Å². The van der Waals surface area contributed by atoms with Crippen molar-refractivity contribution >= 4 is 23.2 Å². The summed E-state index contributed by atoms with van der Waals surface area (Å²) in [4.78, 5) is 31.0. The van der Waals surface area contributed by atoms with Gasteiger partial charge < -0.3 is 9.80 Å². The van der Waals surface area contributed by atoms with Gasteiger partial charge in [-0.15, -0.1) is 17.9 Å². The summed E-state index contributed by atoms with van der Waals surface area (Å²) in [5, 5.41) is 2.11. The molecule has 30 heavy (non-hydrogen) atoms. The minimum absolute atomic E-state index is 0.00289. The Morgan fingerprint density at radius 1 is 1.23 bits per heavy atom. The number of hydrogen-bond donors (Lipinski definition) is 0. The average Bonchev–Trinajstić information content (AvgIpc) is 3.22. The molecule has 2 aromatic rings. The molecule has 0 aliphatic carbocycles. The summed E-state index contributed by atoms with van der Waals surface area (Å²) in [6, 6.07) is 10.5. The van der Waals surface area contributed by atoms with Crippen LogP contribution in [0, 0.1) is 6.92 Å². The van der Waals surface area contributed by atoms with Crippen LogP contribution in [-0.2, 0) is 16.0 Å². The minimum Gasteiger partial charge on any atom is -0.330 e. The Balaban J connectivity index is 1.80. The molecule has 160 valence electrons. The fourth-order valence-electron chi connectivity index (χ4n) is 4.04. The van der Waals surface area contributed by atoms with Crippen molar-refractivity contribution in [3.63, 3.8) is 0 Å². The molecule has 0 unspecified atom stereocenters. The van der Waals surface area contributed by atoms with E-state index in [4.69, 9.17) is 0 Å². The second-order valence-corrected chi connectivity index (χ2v) is 8.97. The van der Waals surface area contributed by atoms with E-state index >= 15 is 0 Å². The highest BCUT2D eigenvalue weighted by Crippen LogP contribution is 2.37. The lowest BCUT2D eigenvalue weighted by Gasteiger charge is -2.37. The van der Waals surface area contributed by atoms with Crippen LogP contribution < -0.4 is 0 Å². The van der Waals surface area contributed by atoms with Crippen molar-refractivity contribution < 1.29 is 9.59 Å². The van der Waals surface area contributed by atoms with Gasteiger partial charge >= 0.3 is 0 Å². The van der Waals surface area contributed by atoms with E-state index in [1.54, 1.807) is 22.3 Å². The molecule has 0 N–H and O–H groups in total. The molecule has 2 amide bonds. The first-order valence-electron chi connectivity index (χ1n) is 10.9. The zero-order chi connectivity index (χ0) is 21.5. The molecule has 0 saturated carbocycles. The molecule has 0 saturated heterocycles. The topological polar surface area (TPSA) is 40.6 Å². The largest absolute Gasteiger partial charge is 0.330 e. The Morgan fingerprint density at radius 3 is 2.70 bits per heavy atom. The number of thiophene rings is 1. The zero-order valence-corrected chi connectivity index (χ0v) is 18.9. The van der Waals surface area contributed by atoms with Crippen molar-refractivity contribution in [3.05, 3.63) is 69.9 Å². The van der Waals surface area contributed by atoms with Crippen LogP contribution in [0.4, 0.5) is 0 Å². The summed E-state index contributed by atoms with van der Waals surface area (Å²) < 4.78 is 0. The first-order valence-corrected chi connectivity index (χ1v) is 11.7. The van der Waals surface area contributed by atoms with Crippen LogP contribution in [0.1, 0.15) is 60.2 Å². The van der Waals surface area contributed by atoms with Crippen molar-refractivity contribution in [1.82, 2.24) is 9.80 Å². The van der Waals surface area contributed by atoms with Gasteiger partial charge in [0.15, 0.2) is 0 Å². The van der Waals surface area contributed by atoms with Gasteiger partial charge in [0.1, 0.15) is 6.54 Å². The molecule has 1 aliphatic heterocycles. The van der Waals surface area contributed by atoms with E-state index < -0.39 is 0 Å². The number of nitrogens with zero attached hydrogens (tertiary/aromatic N) is 2. The second kappa shape index (κ2) is 10.6. The van der Waals surface area contributed by atoms with E-state index in [0.717, 1.165) is 31.2 Å². The fraction of sp³-hybridized carbons (Fsp3) is 0.440. The number of rotatable bonds is 9. The Morgan fingerprint density at radius 2 is 2.00 bits per heavy atom. The highest BCUT2D eigenvalue weighted by atomic mass is 32.1. The van der Waals surface area contributed by atoms with E-state index in [2.05, 4.69) is 56.1 Å². The molecule has 2 heterocycles. The summed E-state index contributed by atoms with van der Waals surface area (Å²) in [6.07, 6.45) is 6.03. The fourth-order valence-corrected chi connectivity index (χ4v) is 4.95. The second-order valence-electron chi connectivity index (χ2n) is 7.97. The van der Waals surface area contributed by atoms with Crippen LogP contribution in [0.15, 0.2) is 48.4 Å². The summed E-state index contributed by atoms with van der Waals surface area (Å²) in [6.45, 7) is 9.16. The SMILES string of the molecule is C=CCN(CC(=O)N1CCc2sccc2[C@H]1c1ccc(C)cc1)C(=O)CCCCC. The quantitative estimate of drug-likeness (QED) is 0.414. The van der Waals surface area contributed by atoms with Crippen LogP contribution in [0.5, 0.6) is 0 Å². The standard InChI is InChI=1S/C25H32N2O2S/c1-4-6-7-8-23(28)26(15-5-2)18-24(29)27-16-13-22-21(14-17-30-22)25(27)20-11-9-19(3)10-12-20/h5,9-12,14,17,25H,2,4,6-8,13,15-16,18H2,1,3H3/t25-/m1/s1. The van der Waals surface area contributed by atoms with Crippen LogP contribution in [0.2, 0.25) is 0 Å². The van der Waals surface area contributed by atoms with E-state index in [9.17, 15) is 9.59 Å². The molecule has 1 atom stereocenters. The number of unbranched alkanes of at least 4 members (excludes halogenated alkanes) is 2. The first kappa shape index (κ1) is 22.3. The molecule has 4 nitrogen and oxygen atoms in total. The van der Waals surface area contributed by atoms with Crippen molar-refractivity contribution in [1.29, 1.82) is 0 Å². The number of benzene rings is 1. The number of carbonyl (C=O) groups is 2. The Bertz CT molecular complexity index is 872. The number of fused-ring (bicyclic) bond motifs is 1. The lowest BCUT2D eigenvalue weighted by molar-refractivity contribution is -0.141. The molecule has 0 fully saturated rings. The first-order chi connectivity index (χ1) is 14.5. The zero-order valence-electron chi connectivity index (χ0n) is 18.1. The molecule has 3 rings (SSSR count). The van der Waals surface area contributed by atoms with Gasteiger partial charge in [-0.2, -0.15) is 0 Å². The summed E-state index contributed by atoms with van der Waals surface area (Å²) in [5.74, 6) is 0.0416. The molecule has 5 heteroatoms. The Labute approximate surface area is 184 Å². The third-order valence-corrected chi connectivity index (χ3v) is 6.70. The summed E-state index contributed by atoms with van der Waals surface area (Å²) in [7, 11) is 0. The van der Waals surface area contributed by atoms with Gasteiger partial charge in [0.05, 0.1) is 6.04 Å². The molecular weight excluding hydrogens is 392 g/mol. The van der Waals surface area contributed by atoms with Crippen LogP contribution in [0.25, 0.3) is 0 Å². The Kier molecular flexibility index (Phi) is 7.86. The summed E-state index contributed by atoms with van der Waals surface area (Å²) in [5.41, 5.74) is 3.54. The van der Waals surface area contributed by atoms with Gasteiger partial charge in [-0.05, 0) is 42.3 Å². The Hall–Kier alpha value is -2.40. The van der Waals surface area contributed by atoms with Crippen molar-refractivity contribution in [2.24, 2.45) is 0 Å². The molecule has 1 aromatic heterocycles. The summed E-state index contributed by atoms with van der Waals surface area (Å²) >= 11 is 1.76. The average molecular weight is 425 g/mol. The molecule has 0 bridgehead atoms. The minimum atomic E-state index is -0.0890. The smallest absolute Gasteiger partial charge is 0.243 e. The highest BCUT2D eigenvalue weighted by Gasteiger charge is 2.33. The van der Waals surface area contributed by atoms with Gasteiger partial charge in [0.25, 0.3) is 0 Å². The van der Waals surface area contributed by atoms with Gasteiger partial charge in [0, 0.05) is 24.4 Å². The van der Waals surface area contributed by atoms with Gasteiger partial charge in [-0.25, -0.2) is 0 Å². The molecule has 1 aromatic carbocycles. The lowest BCUT2D eigenvalue weighted by Crippen LogP contribution is -2.46. The number of hydrogen-bond acceptors (Lipinski definition) is 3. The van der Waals surface area contributed by atoms with E-state index in [-0.39, 0.29) is 24.4 Å². The number of carbonyl (C=O) groups excluding carboxylic acids is 2. The third kappa shape index (κ3) is 5.20. The third-order valence-electron chi connectivity index (χ3n) is 5.70. The maximum atomic E-state index is 13.4. The van der Waals surface area contributed by atoms with Crippen molar-refractivity contribution in [2.75, 3.05) is 19.6 Å². The lowest BCUT2D eigenvalue weighted by atomic mass is 9.92. The van der Waals surface area contributed by atoms with Crippen LogP contribution >= 0.6 is 11.3 Å². The predicted octanol–water partition coefficient (Wildman–Crippen LogP) is 5.13. The van der Waals surface area contributed by atoms with Crippen molar-refractivity contribution in [2.45, 2.75) is 52.0 Å². The van der Waals surface area contributed by atoms with E-state index in [0.29, 0.717) is 19.5 Å². The monoisotopic (exact) mass is 424 g/mol. The van der Waals surface area contributed by atoms with Gasteiger partial charge in [-0.1, -0.05) is 55.7 Å². The maximum absolute atomic E-state index is 13.4. The highest BCUT2D eigenvalue weighted by molar-refractivity contribution is 7.10. The number of aryl methyl sites for hydroxylation is 1.